The SMILES string of the molecule is CC(C)C[C@@H]1NC(=O)[C@@H](NC(=O)[C@H](Cc2ccccc2)NC(=O)[C@H](CC(=O)O)NC(=O)[C@@H]2CCCN2C(=O)[C@@H](N)CCCN=C(N)N)CSSC[C@@H](C(=O)N[C@@H](CCCCN)C(=O)O)NC(=O)[C@@H]2CCCN2C(=O)CNC(=O)[C@H](C(C)O)NC(=O)[C@H](Cc2ccc(O)cc2)NC(=O)[C@@H]2CCCN2C(=O)[C@@H]2CCCN2C(=O)[C@H](CCC(=O)O)NC1=O. The summed E-state index contributed by atoms with van der Waals surface area (Å²) >= 11 is 0. The van der Waals surface area contributed by atoms with Crippen LogP contribution in [0.15, 0.2) is 59.6 Å². The van der Waals surface area contributed by atoms with Crippen molar-refractivity contribution in [3.63, 3.8) is 0 Å². The number of phenolic OH excluding ortho intramolecular Hbond substituents is 1. The van der Waals surface area contributed by atoms with Crippen LogP contribution in [0.2, 0.25) is 0 Å². The lowest BCUT2D eigenvalue weighted by Gasteiger charge is -2.34. The third-order valence-corrected chi connectivity index (χ3v) is 23.5. The molecule has 5 saturated heterocycles. The first-order chi connectivity index (χ1) is 57.0. The van der Waals surface area contributed by atoms with Gasteiger partial charge in [-0.3, -0.25) is 81.7 Å². The molecule has 0 aromatic heterocycles. The number of rotatable bonds is 30. The molecule has 7 rings (SSSR count). The smallest absolute Gasteiger partial charge is 0.326 e. The summed E-state index contributed by atoms with van der Waals surface area (Å²) in [5.74, 6) is -19.6. The van der Waals surface area contributed by atoms with E-state index in [1.54, 1.807) is 44.2 Å². The van der Waals surface area contributed by atoms with Crippen molar-refractivity contribution in [1.29, 1.82) is 0 Å². The van der Waals surface area contributed by atoms with Gasteiger partial charge in [0.15, 0.2) is 5.96 Å². The number of amides is 14. The van der Waals surface area contributed by atoms with Crippen LogP contribution in [-0.4, -0.2) is 300 Å². The molecule has 23 N–H and O–H groups in total. The summed E-state index contributed by atoms with van der Waals surface area (Å²) in [6.07, 6.45) is -2.77. The van der Waals surface area contributed by atoms with E-state index >= 15 is 19.2 Å². The van der Waals surface area contributed by atoms with Crippen LogP contribution in [0.4, 0.5) is 0 Å². The Balaban J connectivity index is 1.27. The Morgan fingerprint density at radius 2 is 1.19 bits per heavy atom. The Morgan fingerprint density at radius 1 is 0.592 bits per heavy atom. The summed E-state index contributed by atoms with van der Waals surface area (Å²) in [5, 5.41) is 77.1. The van der Waals surface area contributed by atoms with Crippen LogP contribution in [0.25, 0.3) is 0 Å². The molecule has 0 saturated carbocycles. The van der Waals surface area contributed by atoms with Gasteiger partial charge < -0.3 is 121 Å². The zero-order valence-corrected chi connectivity index (χ0v) is 68.9. The lowest BCUT2D eigenvalue weighted by atomic mass is 10.0. The molecule has 1 unspecified atom stereocenters. The van der Waals surface area contributed by atoms with E-state index in [2.05, 4.69) is 58.2 Å². The maximum absolute atomic E-state index is 15.4. The average molecular weight is 1720 g/mol. The molecule has 15 atom stereocenters. The monoisotopic (exact) mass is 1720 g/mol. The van der Waals surface area contributed by atoms with Gasteiger partial charge in [-0.25, -0.2) is 4.79 Å². The normalized spacial score (nSPS) is 24.1. The highest BCUT2D eigenvalue weighted by molar-refractivity contribution is 8.76. The minimum atomic E-state index is -1.92. The first kappa shape index (κ1) is 96.2. The van der Waals surface area contributed by atoms with Crippen molar-refractivity contribution in [2.45, 2.75) is 233 Å². The highest BCUT2D eigenvalue weighted by Gasteiger charge is 2.47. The minimum Gasteiger partial charge on any atom is -0.508 e. The number of benzene rings is 2. The Hall–Kier alpha value is -10.9. The van der Waals surface area contributed by atoms with Gasteiger partial charge in [0.25, 0.3) is 0 Å². The second-order valence-corrected chi connectivity index (χ2v) is 33.3. The molecule has 5 aliphatic rings. The summed E-state index contributed by atoms with van der Waals surface area (Å²) in [5.41, 5.74) is 23.6. The first-order valence-electron chi connectivity index (χ1n) is 40.2. The first-order valence-corrected chi connectivity index (χ1v) is 42.7. The Morgan fingerprint density at radius 3 is 1.82 bits per heavy atom. The van der Waals surface area contributed by atoms with Gasteiger partial charge in [-0.15, -0.1) is 0 Å². The molecule has 43 heteroatoms. The summed E-state index contributed by atoms with van der Waals surface area (Å²) in [6.45, 7) is 3.93. The lowest BCUT2D eigenvalue weighted by molar-refractivity contribution is -0.148. The molecule has 0 radical (unpaired) electrons. The number of nitrogens with zero attached hydrogens (tertiary/aromatic N) is 5. The van der Waals surface area contributed by atoms with Gasteiger partial charge in [0, 0.05) is 63.5 Å². The molecule has 14 amide bonds. The zero-order valence-electron chi connectivity index (χ0n) is 67.3. The average Bonchev–Trinajstić information content (AvgIpc) is 1.32. The molecule has 5 fully saturated rings. The predicted molar refractivity (Wildman–Crippen MR) is 435 cm³/mol. The van der Waals surface area contributed by atoms with Crippen molar-refractivity contribution in [2.75, 3.05) is 57.3 Å². The van der Waals surface area contributed by atoms with Crippen molar-refractivity contribution in [2.24, 2.45) is 33.8 Å². The van der Waals surface area contributed by atoms with Crippen LogP contribution >= 0.6 is 21.6 Å². The number of carboxylic acid groups (broad SMARTS) is 3. The van der Waals surface area contributed by atoms with Gasteiger partial charge in [-0.05, 0) is 139 Å². The quantitative estimate of drug-likeness (QED) is 0.0151. The number of nitrogens with two attached hydrogens (primary N) is 4. The van der Waals surface area contributed by atoms with Crippen LogP contribution in [-0.2, 0) is 94.3 Å². The van der Waals surface area contributed by atoms with Gasteiger partial charge in [0.05, 0.1) is 25.1 Å². The van der Waals surface area contributed by atoms with Crippen LogP contribution in [0.3, 0.4) is 0 Å². The van der Waals surface area contributed by atoms with Crippen molar-refractivity contribution >= 4 is 128 Å². The number of carbonyl (C=O) groups is 17. The van der Waals surface area contributed by atoms with E-state index in [1.165, 1.54) is 34.1 Å². The second kappa shape index (κ2) is 47.2. The fraction of sp³-hybridized carbons (Fsp3) is 0.610. The number of aliphatic imine (C=N–C) groups is 1. The Bertz CT molecular complexity index is 4010. The number of guanidine groups is 1. The van der Waals surface area contributed by atoms with E-state index < -0.39 is 235 Å². The maximum Gasteiger partial charge on any atom is 0.326 e. The van der Waals surface area contributed by atoms with Crippen molar-refractivity contribution < 1.29 is 107 Å². The number of likely N-dealkylation sites (tertiary alicyclic amines) is 1. The van der Waals surface area contributed by atoms with E-state index in [0.29, 0.717) is 30.4 Å². The third kappa shape index (κ3) is 28.9. The van der Waals surface area contributed by atoms with E-state index in [9.17, 15) is 87.9 Å². The number of hydrogen-bond donors (Lipinski definition) is 19. The highest BCUT2D eigenvalue weighted by atomic mass is 33.1. The highest BCUT2D eigenvalue weighted by Crippen LogP contribution is 2.29. The molecule has 5 heterocycles. The summed E-state index contributed by atoms with van der Waals surface area (Å²) in [6, 6.07) is -8.04. The lowest BCUT2D eigenvalue weighted by Crippen LogP contribution is -2.61. The van der Waals surface area contributed by atoms with Gasteiger partial charge in [-0.1, -0.05) is 77.9 Å². The molecule has 0 aliphatic carbocycles. The number of unbranched alkanes of at least 4 members (excludes halogenated alkanes) is 1. The number of carboxylic acids is 3. The number of aliphatic hydroxyl groups is 1. The molecule has 660 valence electrons. The minimum absolute atomic E-state index is 0.000858. The molecule has 5 aliphatic heterocycles. The molecule has 0 bridgehead atoms. The predicted octanol–water partition coefficient (Wildman–Crippen LogP) is -4.62. The van der Waals surface area contributed by atoms with Crippen LogP contribution < -0.4 is 76.1 Å². The Kier molecular flexibility index (Phi) is 37.8. The zero-order chi connectivity index (χ0) is 88.0. The molecule has 2 aromatic rings. The maximum atomic E-state index is 15.4. The second-order valence-electron chi connectivity index (χ2n) is 30.7. The van der Waals surface area contributed by atoms with Gasteiger partial charge in [0.2, 0.25) is 82.7 Å². The fourth-order valence-electron chi connectivity index (χ4n) is 14.8. The topological polar surface area (TPSA) is 641 Å². The van der Waals surface area contributed by atoms with Crippen LogP contribution in [0.5, 0.6) is 5.75 Å². The van der Waals surface area contributed by atoms with Crippen LogP contribution in [0.1, 0.15) is 141 Å². The van der Waals surface area contributed by atoms with Gasteiger partial charge >= 0.3 is 17.9 Å². The molecule has 2 aromatic carbocycles. The van der Waals surface area contributed by atoms with Gasteiger partial charge in [0.1, 0.15) is 84.3 Å². The van der Waals surface area contributed by atoms with E-state index in [1.807, 2.05) is 0 Å². The van der Waals surface area contributed by atoms with E-state index in [-0.39, 0.29) is 134 Å². The van der Waals surface area contributed by atoms with E-state index in [0.717, 1.165) is 38.3 Å². The third-order valence-electron chi connectivity index (χ3n) is 21.1. The molecule has 0 spiro atoms. The molecule has 120 heavy (non-hydrogen) atoms. The number of phenols is 1. The van der Waals surface area contributed by atoms with Gasteiger partial charge in [-0.2, -0.15) is 0 Å². The number of hydrogen-bond acceptors (Lipinski definition) is 24. The standard InChI is InChI=1S/C77H113N19O22S2/c1-41(2)34-49-63(104)84-47(26-27-60(100)101)74(115)96-33-13-21-58(96)75(116)95-32-12-20-57(95)71(112)88-51(36-44-22-24-45(98)25-23-44)66(107)92-62(42(3)97)72(113)83-38-59(99)93-30-10-18-55(93)69(110)91-54(67(108)85-48(76(117)118)17-7-8-28-78)40-120-119-39-53(68(109)86-49)90-64(105)50(35-43-14-5-4-6-15-43)87-65(106)52(37-61(102)103)89-70(111)56-19-11-31-94(56)73(114)46(79)16-9-29-82-77(80)81/h4-6,14-15,22-25,41-42,46-58,62,97-98H,7-13,16-21,26-40,78-79H2,1-3H3,(H,83,113)(H,84,104)(H,85,108)(H,86,109)(H,87,106)(H,88,112)(H,89,111)(H,90,105)(H,91,110)(H,92,107)(H,100,101)(H,102,103)(H,117,118)(H4,80,81,82)/t42?,46-,47-,48-,49-,50-,51-,52-,53-,54-,55-,56-,57-,58-,62-/m0/s1. The number of aliphatic hydroxyl groups excluding tert-OH is 1. The molecular formula is C77H113N19O22S2. The number of aliphatic carboxylic acids is 3. The van der Waals surface area contributed by atoms with Crippen LogP contribution in [0, 0.1) is 5.92 Å². The summed E-state index contributed by atoms with van der Waals surface area (Å²) < 4.78 is 0. The number of nitrogens with one attached hydrogen (secondary N) is 10. The number of carbonyl (C=O) groups excluding carboxylic acids is 14. The fourth-order valence-corrected chi connectivity index (χ4v) is 17.1. The number of aromatic hydroxyl groups is 1. The number of fused-ring (bicyclic) bond motifs is 3. The largest absolute Gasteiger partial charge is 0.508 e. The van der Waals surface area contributed by atoms with Crippen molar-refractivity contribution in [1.82, 2.24) is 72.8 Å². The Labute approximate surface area is 700 Å². The molecule has 41 nitrogen and oxygen atoms in total. The van der Waals surface area contributed by atoms with E-state index in [4.69, 9.17) is 22.9 Å². The van der Waals surface area contributed by atoms with Crippen molar-refractivity contribution in [3.05, 3.63) is 65.7 Å². The summed E-state index contributed by atoms with van der Waals surface area (Å²) in [7, 11) is 1.59. The van der Waals surface area contributed by atoms with Crippen molar-refractivity contribution in [3.8, 4) is 5.75 Å². The summed E-state index contributed by atoms with van der Waals surface area (Å²) in [4.78, 5) is 251. The molecular weight excluding hydrogens is 1610 g/mol.